The molecule has 3 aromatic carbocycles. The van der Waals surface area contributed by atoms with Gasteiger partial charge in [0.1, 0.15) is 6.61 Å². The SMILES string of the molecule is CCOc1ccc([C@H]2C(C(=O)OC)=CN=c3s/c(=C\c4ccc(OCc5ccc(Cl)cc5Cl)c(OCC)c4)c(=O)n32)cc1OCC. The van der Waals surface area contributed by atoms with Crippen LogP contribution in [0.4, 0.5) is 0 Å². The quantitative estimate of drug-likeness (QED) is 0.167. The molecular weight excluding hydrogens is 651 g/mol. The number of nitrogens with zero attached hydrogens (tertiary/aromatic N) is 2. The van der Waals surface area contributed by atoms with Crippen LogP contribution in [-0.4, -0.2) is 37.5 Å². The van der Waals surface area contributed by atoms with Crippen LogP contribution < -0.4 is 33.8 Å². The Morgan fingerprint density at radius 2 is 1.57 bits per heavy atom. The third-order valence-electron chi connectivity index (χ3n) is 6.97. The van der Waals surface area contributed by atoms with Gasteiger partial charge < -0.3 is 23.7 Å². The average molecular weight is 684 g/mol. The van der Waals surface area contributed by atoms with Crippen molar-refractivity contribution in [2.45, 2.75) is 33.4 Å². The van der Waals surface area contributed by atoms with Gasteiger partial charge in [-0.3, -0.25) is 9.36 Å². The molecule has 0 saturated carbocycles. The largest absolute Gasteiger partial charge is 0.490 e. The molecule has 0 fully saturated rings. The summed E-state index contributed by atoms with van der Waals surface area (Å²) in [5.74, 6) is 1.52. The second-order valence-electron chi connectivity index (χ2n) is 9.91. The average Bonchev–Trinajstić information content (AvgIpc) is 3.36. The highest BCUT2D eigenvalue weighted by molar-refractivity contribution is 7.07. The summed E-state index contributed by atoms with van der Waals surface area (Å²) in [6.45, 7) is 7.12. The highest BCUT2D eigenvalue weighted by Gasteiger charge is 2.31. The molecule has 1 aliphatic heterocycles. The number of halogens is 2. The molecule has 0 unspecified atom stereocenters. The Balaban J connectivity index is 1.54. The van der Waals surface area contributed by atoms with Gasteiger partial charge in [0, 0.05) is 21.8 Å². The molecule has 4 aromatic rings. The Hall–Kier alpha value is -4.25. The van der Waals surface area contributed by atoms with Crippen LogP contribution in [-0.2, 0) is 16.1 Å². The second-order valence-corrected chi connectivity index (χ2v) is 11.8. The van der Waals surface area contributed by atoms with E-state index in [0.29, 0.717) is 73.3 Å². The molecule has 0 bridgehead atoms. The number of methoxy groups -OCH3 is 1. The minimum atomic E-state index is -0.796. The van der Waals surface area contributed by atoms with Crippen LogP contribution in [0.15, 0.2) is 76.2 Å². The van der Waals surface area contributed by atoms with E-state index < -0.39 is 12.0 Å². The smallest absolute Gasteiger partial charge is 0.337 e. The fraction of sp³-hybridized carbons (Fsp3) is 0.265. The van der Waals surface area contributed by atoms with Crippen molar-refractivity contribution in [1.29, 1.82) is 0 Å². The maximum Gasteiger partial charge on any atom is 0.337 e. The fourth-order valence-corrected chi connectivity index (χ4v) is 6.37. The second kappa shape index (κ2) is 14.9. The zero-order valence-corrected chi connectivity index (χ0v) is 28.0. The molecule has 0 amide bonds. The first-order valence-electron chi connectivity index (χ1n) is 14.6. The lowest BCUT2D eigenvalue weighted by atomic mass is 9.97. The monoisotopic (exact) mass is 682 g/mol. The van der Waals surface area contributed by atoms with E-state index in [0.717, 1.165) is 5.56 Å². The lowest BCUT2D eigenvalue weighted by Gasteiger charge is -2.23. The predicted molar refractivity (Wildman–Crippen MR) is 178 cm³/mol. The molecule has 1 aliphatic rings. The zero-order valence-electron chi connectivity index (χ0n) is 25.7. The van der Waals surface area contributed by atoms with Crippen molar-refractivity contribution in [3.8, 4) is 23.0 Å². The molecule has 46 heavy (non-hydrogen) atoms. The van der Waals surface area contributed by atoms with E-state index in [1.807, 2.05) is 39.0 Å². The highest BCUT2D eigenvalue weighted by atomic mass is 35.5. The Morgan fingerprint density at radius 1 is 0.891 bits per heavy atom. The number of ether oxygens (including phenoxy) is 5. The summed E-state index contributed by atoms with van der Waals surface area (Å²) in [5.41, 5.74) is 2.04. The molecule has 0 aliphatic carbocycles. The number of esters is 1. The first-order chi connectivity index (χ1) is 22.3. The Kier molecular flexibility index (Phi) is 10.7. The molecule has 240 valence electrons. The van der Waals surface area contributed by atoms with Crippen molar-refractivity contribution in [2.24, 2.45) is 4.99 Å². The number of rotatable bonds is 12. The predicted octanol–water partition coefficient (Wildman–Crippen LogP) is 6.10. The number of carbonyl (C=O) groups excluding carboxylic acids is 1. The van der Waals surface area contributed by atoms with Crippen molar-refractivity contribution < 1.29 is 28.5 Å². The van der Waals surface area contributed by atoms with Gasteiger partial charge in [0.2, 0.25) is 0 Å². The third kappa shape index (κ3) is 7.09. The molecule has 5 rings (SSSR count). The van der Waals surface area contributed by atoms with Crippen molar-refractivity contribution in [3.63, 3.8) is 0 Å². The van der Waals surface area contributed by atoms with Crippen LogP contribution in [0.1, 0.15) is 43.5 Å². The van der Waals surface area contributed by atoms with Gasteiger partial charge in [-0.15, -0.1) is 0 Å². The molecule has 0 spiro atoms. The first-order valence-corrected chi connectivity index (χ1v) is 16.2. The summed E-state index contributed by atoms with van der Waals surface area (Å²) >= 11 is 13.5. The molecule has 0 N–H and O–H groups in total. The van der Waals surface area contributed by atoms with Crippen molar-refractivity contribution in [1.82, 2.24) is 4.57 Å². The number of thiazole rings is 1. The van der Waals surface area contributed by atoms with E-state index in [2.05, 4.69) is 4.99 Å². The zero-order chi connectivity index (χ0) is 32.8. The van der Waals surface area contributed by atoms with E-state index >= 15 is 0 Å². The summed E-state index contributed by atoms with van der Waals surface area (Å²) in [6.07, 6.45) is 3.21. The molecule has 1 aromatic heterocycles. The summed E-state index contributed by atoms with van der Waals surface area (Å²) in [4.78, 5) is 31.8. The van der Waals surface area contributed by atoms with Crippen LogP contribution >= 0.6 is 34.5 Å². The van der Waals surface area contributed by atoms with Crippen LogP contribution in [0.5, 0.6) is 23.0 Å². The summed E-state index contributed by atoms with van der Waals surface area (Å²) in [5, 5.41) is 1.05. The number of hydrogen-bond acceptors (Lipinski definition) is 9. The third-order valence-corrected chi connectivity index (χ3v) is 8.56. The highest BCUT2D eigenvalue weighted by Crippen LogP contribution is 2.35. The van der Waals surface area contributed by atoms with Crippen LogP contribution in [0.2, 0.25) is 10.0 Å². The van der Waals surface area contributed by atoms with Gasteiger partial charge in [-0.1, -0.05) is 52.7 Å². The maximum atomic E-state index is 14.0. The lowest BCUT2D eigenvalue weighted by molar-refractivity contribution is -0.136. The van der Waals surface area contributed by atoms with Gasteiger partial charge in [-0.2, -0.15) is 0 Å². The van der Waals surface area contributed by atoms with E-state index in [4.69, 9.17) is 46.9 Å². The minimum Gasteiger partial charge on any atom is -0.490 e. The van der Waals surface area contributed by atoms with E-state index in [9.17, 15) is 9.59 Å². The van der Waals surface area contributed by atoms with Gasteiger partial charge in [0.15, 0.2) is 27.8 Å². The number of hydrogen-bond donors (Lipinski definition) is 0. The molecule has 0 saturated heterocycles. The van der Waals surface area contributed by atoms with Gasteiger partial charge in [0.05, 0.1) is 43.1 Å². The Bertz CT molecular complexity index is 1970. The van der Waals surface area contributed by atoms with Crippen LogP contribution in [0, 0.1) is 0 Å². The van der Waals surface area contributed by atoms with E-state index in [1.165, 1.54) is 29.2 Å². The van der Waals surface area contributed by atoms with Crippen molar-refractivity contribution in [2.75, 3.05) is 26.9 Å². The summed E-state index contributed by atoms with van der Waals surface area (Å²) in [6, 6.07) is 15.2. The molecule has 1 atom stereocenters. The minimum absolute atomic E-state index is 0.215. The Labute approximate surface area is 279 Å². The molecule has 12 heteroatoms. The Morgan fingerprint density at radius 3 is 2.26 bits per heavy atom. The number of fused-ring (bicyclic) bond motifs is 1. The van der Waals surface area contributed by atoms with Crippen molar-refractivity contribution >= 4 is 46.6 Å². The molecule has 2 heterocycles. The van der Waals surface area contributed by atoms with Gasteiger partial charge in [-0.25, -0.2) is 9.79 Å². The van der Waals surface area contributed by atoms with E-state index in [-0.39, 0.29) is 17.7 Å². The molecule has 0 radical (unpaired) electrons. The molecular formula is C34H32Cl2N2O7S. The maximum absolute atomic E-state index is 14.0. The topological polar surface area (TPSA) is 97.6 Å². The lowest BCUT2D eigenvalue weighted by Crippen LogP contribution is -2.39. The van der Waals surface area contributed by atoms with E-state index in [1.54, 1.807) is 42.5 Å². The normalized spacial score (nSPS) is 14.2. The number of aromatic nitrogens is 1. The molecule has 9 nitrogen and oxygen atoms in total. The number of benzene rings is 3. The van der Waals surface area contributed by atoms with Gasteiger partial charge in [-0.05, 0) is 74.4 Å². The van der Waals surface area contributed by atoms with Gasteiger partial charge in [0.25, 0.3) is 5.56 Å². The standard InChI is InChI=1S/C34H32Cl2N2O7S/c1-5-42-26-13-10-21(16-29(26)44-7-3)31-24(33(40)41-4)18-37-34-38(31)32(39)30(46-34)15-20-8-12-27(28(14-20)43-6-2)45-19-22-9-11-23(35)17-25(22)36/h8-18,31H,5-7,19H2,1-4H3/b30-15-/t31-/m0/s1. The van der Waals surface area contributed by atoms with Crippen molar-refractivity contribution in [3.05, 3.63) is 113 Å². The van der Waals surface area contributed by atoms with Gasteiger partial charge >= 0.3 is 5.97 Å². The fourth-order valence-electron chi connectivity index (χ4n) is 4.93. The summed E-state index contributed by atoms with van der Waals surface area (Å²) < 4.78 is 30.4. The first kappa shape index (κ1) is 33.1. The van der Waals surface area contributed by atoms with Crippen LogP contribution in [0.3, 0.4) is 0 Å². The number of carbonyl (C=O) groups is 1. The van der Waals surface area contributed by atoms with Crippen LogP contribution in [0.25, 0.3) is 6.08 Å². The summed E-state index contributed by atoms with van der Waals surface area (Å²) in [7, 11) is 1.29.